The molecule has 0 radical (unpaired) electrons. The molecule has 0 aliphatic carbocycles. The number of benzene rings is 1. The second-order valence-corrected chi connectivity index (χ2v) is 6.34. The van der Waals surface area contributed by atoms with E-state index in [2.05, 4.69) is 12.2 Å². The Morgan fingerprint density at radius 1 is 1.24 bits per heavy atom. The zero-order chi connectivity index (χ0) is 12.7. The minimum atomic E-state index is -3.25. The normalized spacial score (nSPS) is 11.6. The van der Waals surface area contributed by atoms with Gasteiger partial charge in [0.15, 0.2) is 9.84 Å². The van der Waals surface area contributed by atoms with Gasteiger partial charge in [0.2, 0.25) is 0 Å². The number of rotatable bonds is 7. The minimum Gasteiger partial charge on any atom is -0.317 e. The Hall–Kier alpha value is -0.580. The van der Waals surface area contributed by atoms with Crippen LogP contribution in [0.3, 0.4) is 0 Å². The summed E-state index contributed by atoms with van der Waals surface area (Å²) in [6.07, 6.45) is 1.66. The van der Waals surface area contributed by atoms with Gasteiger partial charge in [-0.2, -0.15) is 0 Å². The molecule has 17 heavy (non-hydrogen) atoms. The average molecular weight is 276 g/mol. The van der Waals surface area contributed by atoms with Crippen molar-refractivity contribution in [2.75, 3.05) is 18.8 Å². The Balaban J connectivity index is 2.55. The van der Waals surface area contributed by atoms with Gasteiger partial charge in [-0.1, -0.05) is 30.7 Å². The molecule has 1 rings (SSSR count). The topological polar surface area (TPSA) is 46.2 Å². The van der Waals surface area contributed by atoms with E-state index in [4.69, 9.17) is 11.6 Å². The van der Waals surface area contributed by atoms with Crippen molar-refractivity contribution in [3.63, 3.8) is 0 Å². The van der Waals surface area contributed by atoms with E-state index in [9.17, 15) is 8.42 Å². The van der Waals surface area contributed by atoms with E-state index in [1.165, 1.54) is 0 Å². The van der Waals surface area contributed by atoms with Gasteiger partial charge in [-0.3, -0.25) is 0 Å². The van der Waals surface area contributed by atoms with Crippen molar-refractivity contribution in [2.45, 2.75) is 24.7 Å². The summed E-state index contributed by atoms with van der Waals surface area (Å²) in [4.78, 5) is 0.233. The van der Waals surface area contributed by atoms with Crippen LogP contribution in [0.2, 0.25) is 5.02 Å². The lowest BCUT2D eigenvalue weighted by Crippen LogP contribution is -2.19. The first-order valence-electron chi connectivity index (χ1n) is 5.76. The van der Waals surface area contributed by atoms with Crippen LogP contribution in [0, 0.1) is 0 Å². The Kier molecular flexibility index (Phi) is 5.95. The molecule has 0 amide bonds. The van der Waals surface area contributed by atoms with E-state index in [0.29, 0.717) is 11.4 Å². The van der Waals surface area contributed by atoms with Crippen LogP contribution in [0.25, 0.3) is 0 Å². The third-order valence-electron chi connectivity index (χ3n) is 2.37. The molecule has 1 N–H and O–H groups in total. The van der Waals surface area contributed by atoms with Gasteiger partial charge < -0.3 is 5.32 Å². The molecule has 0 fully saturated rings. The summed E-state index contributed by atoms with van der Waals surface area (Å²) in [5, 5.41) is 3.48. The van der Waals surface area contributed by atoms with Crippen molar-refractivity contribution in [1.29, 1.82) is 0 Å². The highest BCUT2D eigenvalue weighted by Crippen LogP contribution is 2.21. The van der Waals surface area contributed by atoms with E-state index >= 15 is 0 Å². The SMILES string of the molecule is CCCNCCCS(=O)(=O)c1ccccc1Cl. The van der Waals surface area contributed by atoms with Gasteiger partial charge in [-0.05, 0) is 38.1 Å². The zero-order valence-corrected chi connectivity index (χ0v) is 11.5. The Bertz CT molecular complexity index is 446. The molecule has 1 aromatic rings. The summed E-state index contributed by atoms with van der Waals surface area (Å²) in [6, 6.07) is 6.57. The van der Waals surface area contributed by atoms with Gasteiger partial charge in [0.25, 0.3) is 0 Å². The van der Waals surface area contributed by atoms with Gasteiger partial charge in [-0.15, -0.1) is 0 Å². The average Bonchev–Trinajstić information content (AvgIpc) is 2.29. The lowest BCUT2D eigenvalue weighted by molar-refractivity contribution is 0.588. The number of hydrogen-bond donors (Lipinski definition) is 1. The fourth-order valence-corrected chi connectivity index (χ4v) is 3.38. The maximum atomic E-state index is 12.0. The molecule has 0 unspecified atom stereocenters. The summed E-state index contributed by atoms with van der Waals surface area (Å²) in [5.41, 5.74) is 0. The second kappa shape index (κ2) is 6.99. The molecule has 5 heteroatoms. The van der Waals surface area contributed by atoms with Crippen molar-refractivity contribution in [2.24, 2.45) is 0 Å². The van der Waals surface area contributed by atoms with Crippen LogP contribution >= 0.6 is 11.6 Å². The molecule has 0 bridgehead atoms. The standard InChI is InChI=1S/C12H18ClNO2S/c1-2-8-14-9-5-10-17(15,16)12-7-4-3-6-11(12)13/h3-4,6-7,14H,2,5,8-10H2,1H3. The Morgan fingerprint density at radius 3 is 2.59 bits per heavy atom. The summed E-state index contributed by atoms with van der Waals surface area (Å²) in [6.45, 7) is 3.72. The molecule has 1 aromatic carbocycles. The monoisotopic (exact) mass is 275 g/mol. The van der Waals surface area contributed by atoms with Gasteiger partial charge in [-0.25, -0.2) is 8.42 Å². The largest absolute Gasteiger partial charge is 0.317 e. The van der Waals surface area contributed by atoms with Crippen LogP contribution < -0.4 is 5.32 Å². The maximum absolute atomic E-state index is 12.0. The van der Waals surface area contributed by atoms with Gasteiger partial charge in [0.05, 0.1) is 15.7 Å². The third-order valence-corrected chi connectivity index (χ3v) is 4.66. The highest BCUT2D eigenvalue weighted by Gasteiger charge is 2.16. The number of hydrogen-bond acceptors (Lipinski definition) is 3. The first-order chi connectivity index (χ1) is 8.08. The minimum absolute atomic E-state index is 0.132. The van der Waals surface area contributed by atoms with Crippen LogP contribution in [0.15, 0.2) is 29.2 Å². The molecular formula is C12H18ClNO2S. The van der Waals surface area contributed by atoms with Crippen molar-refractivity contribution < 1.29 is 8.42 Å². The molecule has 0 saturated heterocycles. The smallest absolute Gasteiger partial charge is 0.179 e. The fraction of sp³-hybridized carbons (Fsp3) is 0.500. The van der Waals surface area contributed by atoms with Gasteiger partial charge in [0, 0.05) is 0 Å². The van der Waals surface area contributed by atoms with Gasteiger partial charge >= 0.3 is 0 Å². The van der Waals surface area contributed by atoms with Crippen LogP contribution in [-0.4, -0.2) is 27.3 Å². The van der Waals surface area contributed by atoms with Crippen LogP contribution in [0.1, 0.15) is 19.8 Å². The molecule has 0 aromatic heterocycles. The third kappa shape index (κ3) is 4.66. The summed E-state index contributed by atoms with van der Waals surface area (Å²) in [5.74, 6) is 0.132. The fourth-order valence-electron chi connectivity index (χ4n) is 1.50. The number of sulfone groups is 1. The van der Waals surface area contributed by atoms with Crippen molar-refractivity contribution in [3.05, 3.63) is 29.3 Å². The van der Waals surface area contributed by atoms with Crippen molar-refractivity contribution >= 4 is 21.4 Å². The first kappa shape index (κ1) is 14.5. The zero-order valence-electron chi connectivity index (χ0n) is 9.95. The Labute approximate surface area is 108 Å². The van der Waals surface area contributed by atoms with E-state index < -0.39 is 9.84 Å². The van der Waals surface area contributed by atoms with E-state index in [1.807, 2.05) is 0 Å². The summed E-state index contributed by atoms with van der Waals surface area (Å²) >= 11 is 5.88. The van der Waals surface area contributed by atoms with Crippen molar-refractivity contribution in [1.82, 2.24) is 5.32 Å². The lowest BCUT2D eigenvalue weighted by Gasteiger charge is -2.06. The maximum Gasteiger partial charge on any atom is 0.179 e. The molecule has 96 valence electrons. The lowest BCUT2D eigenvalue weighted by atomic mass is 10.4. The number of halogens is 1. The summed E-state index contributed by atoms with van der Waals surface area (Å²) in [7, 11) is -3.25. The first-order valence-corrected chi connectivity index (χ1v) is 7.79. The molecule has 0 aliphatic heterocycles. The highest BCUT2D eigenvalue weighted by atomic mass is 35.5. The van der Waals surface area contributed by atoms with Crippen LogP contribution in [0.5, 0.6) is 0 Å². The van der Waals surface area contributed by atoms with Crippen LogP contribution in [0.4, 0.5) is 0 Å². The molecule has 0 heterocycles. The molecule has 0 atom stereocenters. The Morgan fingerprint density at radius 2 is 1.94 bits per heavy atom. The highest BCUT2D eigenvalue weighted by molar-refractivity contribution is 7.91. The molecule has 3 nitrogen and oxygen atoms in total. The number of nitrogens with one attached hydrogen (secondary N) is 1. The van der Waals surface area contributed by atoms with E-state index in [1.54, 1.807) is 24.3 Å². The molecule has 0 aliphatic rings. The predicted octanol–water partition coefficient (Wildman–Crippen LogP) is 2.50. The summed E-state index contributed by atoms with van der Waals surface area (Å²) < 4.78 is 23.9. The molecule has 0 spiro atoms. The van der Waals surface area contributed by atoms with Gasteiger partial charge in [0.1, 0.15) is 0 Å². The van der Waals surface area contributed by atoms with Crippen molar-refractivity contribution in [3.8, 4) is 0 Å². The van der Waals surface area contributed by atoms with Crippen LogP contribution in [-0.2, 0) is 9.84 Å². The molecular weight excluding hydrogens is 258 g/mol. The van der Waals surface area contributed by atoms with E-state index in [-0.39, 0.29) is 10.6 Å². The second-order valence-electron chi connectivity index (χ2n) is 3.85. The quantitative estimate of drug-likeness (QED) is 0.778. The molecule has 0 saturated carbocycles. The predicted molar refractivity (Wildman–Crippen MR) is 71.3 cm³/mol. The van der Waals surface area contributed by atoms with E-state index in [0.717, 1.165) is 19.5 Å².